The fourth-order valence-electron chi connectivity index (χ4n) is 2.25. The predicted molar refractivity (Wildman–Crippen MR) is 75.5 cm³/mol. The van der Waals surface area contributed by atoms with Crippen LogP contribution in [0.2, 0.25) is 0 Å². The average Bonchev–Trinajstić information content (AvgIpc) is 2.38. The van der Waals surface area contributed by atoms with Crippen molar-refractivity contribution in [1.29, 1.82) is 0 Å². The van der Waals surface area contributed by atoms with E-state index in [2.05, 4.69) is 24.1 Å². The van der Waals surface area contributed by atoms with Gasteiger partial charge in [-0.15, -0.1) is 0 Å². The third kappa shape index (κ3) is 3.43. The zero-order valence-corrected chi connectivity index (χ0v) is 11.9. The van der Waals surface area contributed by atoms with Crippen LogP contribution in [0.1, 0.15) is 32.8 Å². The molecule has 0 aliphatic carbocycles. The summed E-state index contributed by atoms with van der Waals surface area (Å²) >= 11 is 0. The number of hydrogen-bond acceptors (Lipinski definition) is 4. The zero-order chi connectivity index (χ0) is 13.6. The third-order valence-electron chi connectivity index (χ3n) is 3.61. The Balaban J connectivity index is 2.87. The molecule has 0 aliphatic heterocycles. The number of ether oxygens (including phenoxy) is 1. The molecule has 0 saturated heterocycles. The smallest absolute Gasteiger partial charge is 0.126 e. The third-order valence-corrected chi connectivity index (χ3v) is 3.61. The van der Waals surface area contributed by atoms with Crippen LogP contribution in [-0.2, 0) is 11.2 Å². The van der Waals surface area contributed by atoms with Gasteiger partial charge in [-0.3, -0.25) is 0 Å². The quantitative estimate of drug-likeness (QED) is 0.778. The van der Waals surface area contributed by atoms with Gasteiger partial charge in [-0.2, -0.15) is 0 Å². The lowest BCUT2D eigenvalue weighted by Gasteiger charge is -2.37. The minimum atomic E-state index is -0.189. The predicted octanol–water partition coefficient (Wildman–Crippen LogP) is 2.00. The molecule has 2 atom stereocenters. The number of anilines is 1. The second-order valence-corrected chi connectivity index (χ2v) is 4.69. The highest BCUT2D eigenvalue weighted by Gasteiger charge is 2.32. The fraction of sp³-hybridized carbons (Fsp3) is 0.643. The molecule has 1 heterocycles. The van der Waals surface area contributed by atoms with Crippen LogP contribution >= 0.6 is 0 Å². The molecular weight excluding hydrogens is 226 g/mol. The number of likely N-dealkylation sites (N-methyl/N-ethyl adjacent to an activating group) is 1. The van der Waals surface area contributed by atoms with Gasteiger partial charge in [0.25, 0.3) is 0 Å². The van der Waals surface area contributed by atoms with E-state index in [0.717, 1.165) is 18.4 Å². The van der Waals surface area contributed by atoms with E-state index in [1.165, 1.54) is 0 Å². The van der Waals surface area contributed by atoms with Crippen molar-refractivity contribution in [3.05, 3.63) is 23.9 Å². The van der Waals surface area contributed by atoms with E-state index in [4.69, 9.17) is 10.5 Å². The molecule has 2 unspecified atom stereocenters. The van der Waals surface area contributed by atoms with Gasteiger partial charge in [0, 0.05) is 18.8 Å². The lowest BCUT2D eigenvalue weighted by molar-refractivity contribution is -0.0533. The van der Waals surface area contributed by atoms with Crippen LogP contribution in [0.4, 0.5) is 5.82 Å². The van der Waals surface area contributed by atoms with Gasteiger partial charge in [0.15, 0.2) is 0 Å². The summed E-state index contributed by atoms with van der Waals surface area (Å²) in [7, 11) is 1.96. The molecule has 4 heteroatoms. The van der Waals surface area contributed by atoms with Crippen LogP contribution in [-0.4, -0.2) is 30.3 Å². The van der Waals surface area contributed by atoms with E-state index in [1.807, 2.05) is 26.1 Å². The normalized spacial score (nSPS) is 16.2. The summed E-state index contributed by atoms with van der Waals surface area (Å²) in [5, 5.41) is 3.35. The van der Waals surface area contributed by atoms with Crippen LogP contribution in [0.25, 0.3) is 0 Å². The molecule has 0 aromatic carbocycles. The first kappa shape index (κ1) is 14.9. The van der Waals surface area contributed by atoms with E-state index < -0.39 is 0 Å². The van der Waals surface area contributed by atoms with Crippen molar-refractivity contribution in [3.8, 4) is 0 Å². The second-order valence-electron chi connectivity index (χ2n) is 4.69. The van der Waals surface area contributed by atoms with Crippen molar-refractivity contribution in [2.75, 3.05) is 19.4 Å². The Labute approximate surface area is 110 Å². The van der Waals surface area contributed by atoms with E-state index in [9.17, 15) is 0 Å². The summed E-state index contributed by atoms with van der Waals surface area (Å²) in [6, 6.07) is 4.16. The number of nitrogens with zero attached hydrogens (tertiary/aromatic N) is 1. The van der Waals surface area contributed by atoms with Crippen LogP contribution in [0.15, 0.2) is 18.3 Å². The van der Waals surface area contributed by atoms with Crippen molar-refractivity contribution in [2.24, 2.45) is 0 Å². The summed E-state index contributed by atoms with van der Waals surface area (Å²) in [5.41, 5.74) is 6.78. The summed E-state index contributed by atoms with van der Waals surface area (Å²) in [6.07, 6.45) is 3.49. The van der Waals surface area contributed by atoms with E-state index >= 15 is 0 Å². The SMILES string of the molecule is CCOC(C)(CC)C(Cc1cccnc1N)NC. The van der Waals surface area contributed by atoms with Crippen molar-refractivity contribution in [1.82, 2.24) is 10.3 Å². The number of nitrogens with two attached hydrogens (primary N) is 1. The van der Waals surface area contributed by atoms with Gasteiger partial charge in [-0.25, -0.2) is 4.98 Å². The highest BCUT2D eigenvalue weighted by molar-refractivity contribution is 5.39. The Bertz CT molecular complexity index is 370. The van der Waals surface area contributed by atoms with Gasteiger partial charge in [0.2, 0.25) is 0 Å². The van der Waals surface area contributed by atoms with Gasteiger partial charge in [-0.05, 0) is 45.4 Å². The summed E-state index contributed by atoms with van der Waals surface area (Å²) < 4.78 is 5.92. The molecule has 1 rings (SSSR count). The molecule has 0 radical (unpaired) electrons. The molecule has 0 amide bonds. The summed E-state index contributed by atoms with van der Waals surface area (Å²) in [5.74, 6) is 0.604. The maximum Gasteiger partial charge on any atom is 0.126 e. The van der Waals surface area contributed by atoms with Crippen LogP contribution < -0.4 is 11.1 Å². The molecule has 1 aromatic heterocycles. The lowest BCUT2D eigenvalue weighted by atomic mass is 9.88. The summed E-state index contributed by atoms with van der Waals surface area (Å²) in [4.78, 5) is 4.13. The molecule has 0 saturated carbocycles. The van der Waals surface area contributed by atoms with Crippen molar-refractivity contribution in [3.63, 3.8) is 0 Å². The Hall–Kier alpha value is -1.13. The number of nitrogens with one attached hydrogen (secondary N) is 1. The van der Waals surface area contributed by atoms with Crippen LogP contribution in [0.5, 0.6) is 0 Å². The van der Waals surface area contributed by atoms with Crippen LogP contribution in [0.3, 0.4) is 0 Å². The molecule has 18 heavy (non-hydrogen) atoms. The topological polar surface area (TPSA) is 60.2 Å². The lowest BCUT2D eigenvalue weighted by Crippen LogP contribution is -2.50. The Morgan fingerprint density at radius 1 is 1.50 bits per heavy atom. The van der Waals surface area contributed by atoms with Crippen molar-refractivity contribution >= 4 is 5.82 Å². The number of pyridine rings is 1. The van der Waals surface area contributed by atoms with Gasteiger partial charge in [-0.1, -0.05) is 13.0 Å². The van der Waals surface area contributed by atoms with E-state index in [-0.39, 0.29) is 11.6 Å². The number of nitrogen functional groups attached to an aromatic ring is 1. The molecule has 0 bridgehead atoms. The largest absolute Gasteiger partial charge is 0.383 e. The summed E-state index contributed by atoms with van der Waals surface area (Å²) in [6.45, 7) is 7.03. The highest BCUT2D eigenvalue weighted by Crippen LogP contribution is 2.24. The average molecular weight is 251 g/mol. The first-order valence-corrected chi connectivity index (χ1v) is 6.58. The highest BCUT2D eigenvalue weighted by atomic mass is 16.5. The fourth-order valence-corrected chi connectivity index (χ4v) is 2.25. The van der Waals surface area contributed by atoms with Gasteiger partial charge in [0.1, 0.15) is 5.82 Å². The van der Waals surface area contributed by atoms with E-state index in [0.29, 0.717) is 12.4 Å². The first-order chi connectivity index (χ1) is 8.57. The minimum Gasteiger partial charge on any atom is -0.383 e. The molecule has 0 fully saturated rings. The maximum atomic E-state index is 5.92. The molecule has 3 N–H and O–H groups in total. The zero-order valence-electron chi connectivity index (χ0n) is 11.9. The van der Waals surface area contributed by atoms with Gasteiger partial charge >= 0.3 is 0 Å². The minimum absolute atomic E-state index is 0.189. The number of hydrogen-bond donors (Lipinski definition) is 2. The van der Waals surface area contributed by atoms with Gasteiger partial charge in [0.05, 0.1) is 5.60 Å². The Kier molecular flexibility index (Phi) is 5.56. The number of aromatic nitrogens is 1. The molecule has 0 spiro atoms. The standard InChI is InChI=1S/C14H25N3O/c1-5-14(3,18-6-2)12(16-4)10-11-8-7-9-17-13(11)15/h7-9,12,16H,5-6,10H2,1-4H3,(H2,15,17). The molecule has 1 aromatic rings. The van der Waals surface area contributed by atoms with Gasteiger partial charge < -0.3 is 15.8 Å². The van der Waals surface area contributed by atoms with Crippen molar-refractivity contribution in [2.45, 2.75) is 45.3 Å². The maximum absolute atomic E-state index is 5.92. The van der Waals surface area contributed by atoms with Crippen LogP contribution in [0, 0.1) is 0 Å². The molecule has 0 aliphatic rings. The molecule has 4 nitrogen and oxygen atoms in total. The Morgan fingerprint density at radius 2 is 2.22 bits per heavy atom. The monoisotopic (exact) mass is 251 g/mol. The number of rotatable bonds is 7. The second kappa shape index (κ2) is 6.71. The Morgan fingerprint density at radius 3 is 2.72 bits per heavy atom. The molecular formula is C14H25N3O. The van der Waals surface area contributed by atoms with Crippen molar-refractivity contribution < 1.29 is 4.74 Å². The van der Waals surface area contributed by atoms with E-state index in [1.54, 1.807) is 6.20 Å². The first-order valence-electron chi connectivity index (χ1n) is 6.58. The molecule has 102 valence electrons.